The molecule has 0 radical (unpaired) electrons. The first-order chi connectivity index (χ1) is 6.65. The van der Waals surface area contributed by atoms with Crippen molar-refractivity contribution in [2.24, 2.45) is 5.16 Å². The van der Waals surface area contributed by atoms with Crippen molar-refractivity contribution in [3.8, 4) is 6.07 Å². The number of nitrogens with zero attached hydrogens (tertiary/aromatic N) is 2. The number of ether oxygens (including phenoxy) is 1. The number of oxime groups is 1. The number of rotatable bonds is 4. The molecule has 0 rings (SSSR count). The van der Waals surface area contributed by atoms with E-state index in [9.17, 15) is 9.59 Å². The van der Waals surface area contributed by atoms with Crippen molar-refractivity contribution >= 4 is 17.7 Å². The molecule has 0 aliphatic heterocycles. The van der Waals surface area contributed by atoms with E-state index in [-0.39, 0.29) is 13.0 Å². The maximum atomic E-state index is 10.9. The van der Waals surface area contributed by atoms with Gasteiger partial charge in [-0.1, -0.05) is 12.1 Å². The molecule has 0 aromatic heterocycles. The number of nitriles is 1. The predicted molar refractivity (Wildman–Crippen MR) is 46.1 cm³/mol. The molecule has 0 bridgehead atoms. The average molecular weight is 198 g/mol. The molecule has 0 fully saturated rings. The van der Waals surface area contributed by atoms with Crippen LogP contribution >= 0.6 is 0 Å². The monoisotopic (exact) mass is 198 g/mol. The maximum absolute atomic E-state index is 10.9. The van der Waals surface area contributed by atoms with Gasteiger partial charge in [0.05, 0.1) is 6.61 Å². The van der Waals surface area contributed by atoms with E-state index in [1.54, 1.807) is 13.8 Å². The van der Waals surface area contributed by atoms with E-state index in [0.717, 1.165) is 0 Å². The molecule has 0 aromatic rings. The molecule has 0 unspecified atom stereocenters. The fourth-order valence-electron chi connectivity index (χ4n) is 0.464. The second kappa shape index (κ2) is 6.60. The van der Waals surface area contributed by atoms with E-state index >= 15 is 0 Å². The zero-order valence-electron chi connectivity index (χ0n) is 7.94. The Balaban J connectivity index is 4.34. The SMILES string of the molecule is CCOC(=O)/C(C#N)=N/OC(=O)CC. The van der Waals surface area contributed by atoms with Gasteiger partial charge in [0.15, 0.2) is 0 Å². The van der Waals surface area contributed by atoms with Crippen LogP contribution in [0.3, 0.4) is 0 Å². The molecular formula is C8H10N2O4. The van der Waals surface area contributed by atoms with Gasteiger partial charge < -0.3 is 9.57 Å². The molecule has 0 atom stereocenters. The van der Waals surface area contributed by atoms with Gasteiger partial charge in [-0.25, -0.2) is 9.59 Å². The summed E-state index contributed by atoms with van der Waals surface area (Å²) in [5.41, 5.74) is -0.575. The predicted octanol–water partition coefficient (Wildman–Crippen LogP) is 0.382. The number of hydrogen-bond acceptors (Lipinski definition) is 6. The van der Waals surface area contributed by atoms with Crippen LogP contribution in [0.5, 0.6) is 0 Å². The fourth-order valence-corrected chi connectivity index (χ4v) is 0.464. The zero-order chi connectivity index (χ0) is 11.0. The van der Waals surface area contributed by atoms with Crippen LogP contribution in [0.1, 0.15) is 20.3 Å². The molecule has 0 saturated carbocycles. The third-order valence-corrected chi connectivity index (χ3v) is 1.10. The molecule has 6 nitrogen and oxygen atoms in total. The quantitative estimate of drug-likeness (QED) is 0.282. The number of esters is 1. The molecule has 0 saturated heterocycles. The molecule has 0 heterocycles. The molecule has 6 heteroatoms. The lowest BCUT2D eigenvalue weighted by atomic mass is 10.4. The van der Waals surface area contributed by atoms with Gasteiger partial charge in [0, 0.05) is 6.42 Å². The molecule has 0 aromatic carbocycles. The van der Waals surface area contributed by atoms with Crippen LogP contribution in [0.25, 0.3) is 0 Å². The fraction of sp³-hybridized carbons (Fsp3) is 0.500. The van der Waals surface area contributed by atoms with Crippen LogP contribution in [0, 0.1) is 11.3 Å². The minimum absolute atomic E-state index is 0.116. The average Bonchev–Trinajstić information content (AvgIpc) is 2.18. The van der Waals surface area contributed by atoms with Crippen molar-refractivity contribution < 1.29 is 19.2 Å². The van der Waals surface area contributed by atoms with Gasteiger partial charge in [-0.15, -0.1) is 0 Å². The summed E-state index contributed by atoms with van der Waals surface area (Å²) in [5, 5.41) is 11.5. The molecule has 0 N–H and O–H groups in total. The summed E-state index contributed by atoms with van der Waals surface area (Å²) < 4.78 is 4.48. The highest BCUT2D eigenvalue weighted by molar-refractivity contribution is 6.42. The van der Waals surface area contributed by atoms with E-state index in [0.29, 0.717) is 0 Å². The summed E-state index contributed by atoms with van der Waals surface area (Å²) in [5.74, 6) is -1.53. The molecule has 0 aliphatic carbocycles. The van der Waals surface area contributed by atoms with Gasteiger partial charge in [-0.2, -0.15) is 5.26 Å². The van der Waals surface area contributed by atoms with Gasteiger partial charge >= 0.3 is 11.9 Å². The van der Waals surface area contributed by atoms with Gasteiger partial charge in [0.25, 0.3) is 5.71 Å². The molecule has 0 spiro atoms. The van der Waals surface area contributed by atoms with Crippen LogP contribution < -0.4 is 0 Å². The summed E-state index contributed by atoms with van der Waals surface area (Å²) >= 11 is 0. The van der Waals surface area contributed by atoms with E-state index in [1.165, 1.54) is 6.07 Å². The summed E-state index contributed by atoms with van der Waals surface area (Å²) in [6.45, 7) is 3.28. The van der Waals surface area contributed by atoms with Crippen LogP contribution in [0.4, 0.5) is 0 Å². The third kappa shape index (κ3) is 4.21. The van der Waals surface area contributed by atoms with Crippen LogP contribution in [0.2, 0.25) is 0 Å². The topological polar surface area (TPSA) is 88.8 Å². The van der Waals surface area contributed by atoms with Gasteiger partial charge in [0.1, 0.15) is 6.07 Å². The Kier molecular flexibility index (Phi) is 5.70. The largest absolute Gasteiger partial charge is 0.461 e. The van der Waals surface area contributed by atoms with Crippen molar-refractivity contribution in [3.63, 3.8) is 0 Å². The zero-order valence-corrected chi connectivity index (χ0v) is 7.94. The smallest absolute Gasteiger partial charge is 0.371 e. The Morgan fingerprint density at radius 1 is 1.43 bits per heavy atom. The molecule has 14 heavy (non-hydrogen) atoms. The highest BCUT2D eigenvalue weighted by atomic mass is 16.7. The third-order valence-electron chi connectivity index (χ3n) is 1.10. The number of carbonyl (C=O) groups excluding carboxylic acids is 2. The lowest BCUT2D eigenvalue weighted by Crippen LogP contribution is -2.16. The highest BCUT2D eigenvalue weighted by Gasteiger charge is 2.13. The molecule has 0 aliphatic rings. The summed E-state index contributed by atoms with van der Waals surface area (Å²) in [7, 11) is 0. The minimum Gasteiger partial charge on any atom is -0.461 e. The van der Waals surface area contributed by atoms with Crippen molar-refractivity contribution in [1.82, 2.24) is 0 Å². The van der Waals surface area contributed by atoms with Crippen LogP contribution in [-0.2, 0) is 19.2 Å². The lowest BCUT2D eigenvalue weighted by molar-refractivity contribution is -0.143. The van der Waals surface area contributed by atoms with E-state index in [1.807, 2.05) is 0 Å². The number of hydrogen-bond donors (Lipinski definition) is 0. The molecular weight excluding hydrogens is 188 g/mol. The first kappa shape index (κ1) is 12.1. The second-order valence-electron chi connectivity index (χ2n) is 2.09. The Morgan fingerprint density at radius 2 is 2.07 bits per heavy atom. The van der Waals surface area contributed by atoms with E-state index in [2.05, 4.69) is 14.7 Å². The standard InChI is InChI=1S/C8H10N2O4/c1-3-7(11)14-10-6(5-9)8(12)13-4-2/h3-4H2,1-2H3/b10-6+. The summed E-state index contributed by atoms with van der Waals surface area (Å²) in [6, 6.07) is 1.46. The van der Waals surface area contributed by atoms with Crippen LogP contribution in [0.15, 0.2) is 5.16 Å². The Bertz CT molecular complexity index is 290. The first-order valence-electron chi connectivity index (χ1n) is 4.00. The normalized spacial score (nSPS) is 10.2. The highest BCUT2D eigenvalue weighted by Crippen LogP contribution is 1.89. The minimum atomic E-state index is -0.904. The Labute approximate surface area is 81.1 Å². The molecule has 0 amide bonds. The maximum Gasteiger partial charge on any atom is 0.371 e. The van der Waals surface area contributed by atoms with Crippen molar-refractivity contribution in [2.45, 2.75) is 20.3 Å². The van der Waals surface area contributed by atoms with Crippen molar-refractivity contribution in [3.05, 3.63) is 0 Å². The van der Waals surface area contributed by atoms with Crippen molar-refractivity contribution in [1.29, 1.82) is 5.26 Å². The second-order valence-corrected chi connectivity index (χ2v) is 2.09. The lowest BCUT2D eigenvalue weighted by Gasteiger charge is -1.97. The Hall–Kier alpha value is -1.90. The summed E-state index contributed by atoms with van der Waals surface area (Å²) in [6.07, 6.45) is 0.116. The first-order valence-corrected chi connectivity index (χ1v) is 4.00. The van der Waals surface area contributed by atoms with Gasteiger partial charge in [0.2, 0.25) is 0 Å². The molecule has 76 valence electrons. The van der Waals surface area contributed by atoms with E-state index < -0.39 is 17.7 Å². The van der Waals surface area contributed by atoms with Gasteiger partial charge in [-0.05, 0) is 6.92 Å². The number of carbonyl (C=O) groups is 2. The Morgan fingerprint density at radius 3 is 2.50 bits per heavy atom. The van der Waals surface area contributed by atoms with Gasteiger partial charge in [-0.3, -0.25) is 0 Å². The van der Waals surface area contributed by atoms with Crippen molar-refractivity contribution in [2.75, 3.05) is 6.61 Å². The van der Waals surface area contributed by atoms with E-state index in [4.69, 9.17) is 5.26 Å². The summed E-state index contributed by atoms with van der Waals surface area (Å²) in [4.78, 5) is 25.8. The van der Waals surface area contributed by atoms with Crippen LogP contribution in [-0.4, -0.2) is 24.3 Å².